The summed E-state index contributed by atoms with van der Waals surface area (Å²) in [6.07, 6.45) is 5.24. The van der Waals surface area contributed by atoms with Gasteiger partial charge in [0, 0.05) is 11.1 Å². The number of ether oxygens (including phenoxy) is 1. The maximum Gasteiger partial charge on any atom is 0.431 e. The highest BCUT2D eigenvalue weighted by atomic mass is 16.7. The summed E-state index contributed by atoms with van der Waals surface area (Å²) in [5.74, 6) is 0. The minimum Gasteiger partial charge on any atom is -0.448 e. The van der Waals surface area contributed by atoms with Crippen LogP contribution < -0.4 is 5.48 Å². The lowest BCUT2D eigenvalue weighted by atomic mass is 9.87. The van der Waals surface area contributed by atoms with Crippen LogP contribution in [0.4, 0.5) is 10.5 Å². The van der Waals surface area contributed by atoms with Crippen LogP contribution in [-0.2, 0) is 24.9 Å². The molecule has 0 spiro atoms. The summed E-state index contributed by atoms with van der Waals surface area (Å²) in [4.78, 5) is 46.2. The molecule has 0 bridgehead atoms. The predicted molar refractivity (Wildman–Crippen MR) is 91.8 cm³/mol. The summed E-state index contributed by atoms with van der Waals surface area (Å²) in [6.45, 7) is 1.80. The maximum atomic E-state index is 11.6. The van der Waals surface area contributed by atoms with E-state index in [-0.39, 0.29) is 6.61 Å². The van der Waals surface area contributed by atoms with Gasteiger partial charge in [-0.15, -0.1) is 0 Å². The fourth-order valence-corrected chi connectivity index (χ4v) is 2.85. The fraction of sp³-hybridized carbons (Fsp3) is 0.167. The highest BCUT2D eigenvalue weighted by Crippen LogP contribution is 2.43. The molecule has 26 heavy (non-hydrogen) atoms. The van der Waals surface area contributed by atoms with Crippen molar-refractivity contribution < 1.29 is 24.0 Å². The van der Waals surface area contributed by atoms with Gasteiger partial charge in [-0.1, -0.05) is 30.3 Å². The van der Waals surface area contributed by atoms with Crippen molar-refractivity contribution in [3.63, 3.8) is 0 Å². The highest BCUT2D eigenvalue weighted by Gasteiger charge is 2.37. The SMILES string of the molecule is CCOC(=O)NOC1(N=C=O)C=Cc2c(N=C=O)ccc3cccc1c23. The van der Waals surface area contributed by atoms with Crippen LogP contribution in [0.5, 0.6) is 0 Å². The van der Waals surface area contributed by atoms with Crippen LogP contribution in [-0.4, -0.2) is 24.9 Å². The molecule has 0 saturated heterocycles. The number of nitrogens with one attached hydrogen (secondary N) is 1. The molecule has 0 radical (unpaired) electrons. The van der Waals surface area contributed by atoms with Crippen molar-refractivity contribution in [3.8, 4) is 0 Å². The molecule has 1 aliphatic carbocycles. The molecule has 3 rings (SSSR count). The van der Waals surface area contributed by atoms with Gasteiger partial charge in [0.1, 0.15) is 0 Å². The monoisotopic (exact) mass is 351 g/mol. The van der Waals surface area contributed by atoms with Crippen molar-refractivity contribution in [2.75, 3.05) is 6.61 Å². The van der Waals surface area contributed by atoms with E-state index in [0.717, 1.165) is 5.39 Å². The predicted octanol–water partition coefficient (Wildman–Crippen LogP) is 3.00. The second-order valence-electron chi connectivity index (χ2n) is 5.26. The van der Waals surface area contributed by atoms with Crippen LogP contribution >= 0.6 is 0 Å². The Hall–Kier alpha value is -3.57. The van der Waals surface area contributed by atoms with Gasteiger partial charge < -0.3 is 4.74 Å². The first-order chi connectivity index (χ1) is 12.6. The molecule has 2 aromatic carbocycles. The minimum atomic E-state index is -1.62. The number of hydrogen-bond acceptors (Lipinski definition) is 7. The normalized spacial score (nSPS) is 17.1. The number of rotatable bonds is 5. The van der Waals surface area contributed by atoms with Crippen molar-refractivity contribution in [3.05, 3.63) is 47.5 Å². The summed E-state index contributed by atoms with van der Waals surface area (Å²) in [5.41, 5.74) is 2.05. The van der Waals surface area contributed by atoms with E-state index in [9.17, 15) is 14.4 Å². The maximum absolute atomic E-state index is 11.6. The summed E-state index contributed by atoms with van der Waals surface area (Å²) in [6, 6.07) is 8.75. The van der Waals surface area contributed by atoms with E-state index < -0.39 is 11.8 Å². The smallest absolute Gasteiger partial charge is 0.431 e. The van der Waals surface area contributed by atoms with Gasteiger partial charge in [0.2, 0.25) is 17.9 Å². The van der Waals surface area contributed by atoms with Crippen LogP contribution in [0, 0.1) is 0 Å². The molecule has 1 N–H and O–H groups in total. The fourth-order valence-electron chi connectivity index (χ4n) is 2.85. The van der Waals surface area contributed by atoms with Gasteiger partial charge in [0.25, 0.3) is 0 Å². The lowest BCUT2D eigenvalue weighted by Gasteiger charge is -2.29. The molecule has 8 nitrogen and oxygen atoms in total. The standard InChI is InChI=1S/C18H13N3O5/c1-2-25-17(24)21-26-18(20-11-23)9-8-13-15(19-10-22)7-6-12-4-3-5-14(18)16(12)13/h3-9H,2H2,1H3,(H,21,24). The van der Waals surface area contributed by atoms with Crippen LogP contribution in [0.15, 0.2) is 46.4 Å². The topological polar surface area (TPSA) is 106 Å². The minimum absolute atomic E-state index is 0.153. The number of nitrogens with zero attached hydrogens (tertiary/aromatic N) is 2. The van der Waals surface area contributed by atoms with E-state index in [1.807, 2.05) is 6.07 Å². The van der Waals surface area contributed by atoms with Gasteiger partial charge in [-0.25, -0.2) is 19.2 Å². The molecule has 0 fully saturated rings. The summed E-state index contributed by atoms with van der Waals surface area (Å²) in [5, 5.41) is 1.49. The highest BCUT2D eigenvalue weighted by molar-refractivity contribution is 6.00. The Morgan fingerprint density at radius 3 is 2.81 bits per heavy atom. The molecule has 0 aromatic heterocycles. The van der Waals surface area contributed by atoms with E-state index >= 15 is 0 Å². The van der Waals surface area contributed by atoms with Gasteiger partial charge in [-0.05, 0) is 29.8 Å². The molecule has 2 aromatic rings. The molecule has 0 saturated carbocycles. The second-order valence-corrected chi connectivity index (χ2v) is 5.26. The summed E-state index contributed by atoms with van der Waals surface area (Å²) < 4.78 is 4.75. The van der Waals surface area contributed by atoms with Crippen LogP contribution in [0.25, 0.3) is 16.8 Å². The number of carbonyl (C=O) groups excluding carboxylic acids is 3. The Labute approximate surface area is 147 Å². The number of aliphatic imine (C=N–C) groups is 2. The van der Waals surface area contributed by atoms with Crippen LogP contribution in [0.3, 0.4) is 0 Å². The molecular weight excluding hydrogens is 338 g/mol. The zero-order valence-electron chi connectivity index (χ0n) is 13.7. The van der Waals surface area contributed by atoms with Crippen LogP contribution in [0.2, 0.25) is 0 Å². The lowest BCUT2D eigenvalue weighted by molar-refractivity contribution is -0.0677. The number of amides is 1. The first-order valence-electron chi connectivity index (χ1n) is 7.68. The van der Waals surface area contributed by atoms with Gasteiger partial charge >= 0.3 is 6.09 Å². The zero-order valence-corrected chi connectivity index (χ0v) is 13.7. The number of hydroxylamine groups is 1. The first-order valence-corrected chi connectivity index (χ1v) is 7.68. The van der Waals surface area contributed by atoms with E-state index in [0.29, 0.717) is 22.2 Å². The number of isocyanates is 2. The number of carbonyl (C=O) groups is 1. The quantitative estimate of drug-likeness (QED) is 0.506. The Kier molecular flexibility index (Phi) is 4.73. The van der Waals surface area contributed by atoms with Crippen molar-refractivity contribution in [2.24, 2.45) is 9.98 Å². The van der Waals surface area contributed by atoms with E-state index in [1.165, 1.54) is 18.2 Å². The van der Waals surface area contributed by atoms with Crippen LogP contribution in [0.1, 0.15) is 18.1 Å². The second kappa shape index (κ2) is 7.13. The first kappa shape index (κ1) is 17.3. The molecule has 1 aliphatic rings. The molecule has 1 amide bonds. The average molecular weight is 351 g/mol. The Morgan fingerprint density at radius 2 is 2.08 bits per heavy atom. The lowest BCUT2D eigenvalue weighted by Crippen LogP contribution is -2.37. The van der Waals surface area contributed by atoms with Gasteiger partial charge in [0.05, 0.1) is 12.3 Å². The van der Waals surface area contributed by atoms with Crippen molar-refractivity contribution in [1.29, 1.82) is 0 Å². The summed E-state index contributed by atoms with van der Waals surface area (Å²) in [7, 11) is 0. The molecule has 8 heteroatoms. The van der Waals surface area contributed by atoms with Gasteiger partial charge in [0.15, 0.2) is 0 Å². The van der Waals surface area contributed by atoms with E-state index in [4.69, 9.17) is 9.57 Å². The molecule has 1 unspecified atom stereocenters. The summed E-state index contributed by atoms with van der Waals surface area (Å²) >= 11 is 0. The number of hydrogen-bond donors (Lipinski definition) is 1. The Bertz CT molecular complexity index is 1000. The largest absolute Gasteiger partial charge is 0.448 e. The zero-order chi connectivity index (χ0) is 18.6. The van der Waals surface area contributed by atoms with Crippen molar-refractivity contribution in [2.45, 2.75) is 12.6 Å². The average Bonchev–Trinajstić information content (AvgIpc) is 2.65. The Balaban J connectivity index is 2.18. The van der Waals surface area contributed by atoms with E-state index in [2.05, 4.69) is 15.5 Å². The van der Waals surface area contributed by atoms with E-state index in [1.54, 1.807) is 37.3 Å². The third kappa shape index (κ3) is 2.92. The third-order valence-electron chi connectivity index (χ3n) is 3.87. The van der Waals surface area contributed by atoms with Gasteiger partial charge in [-0.3, -0.25) is 0 Å². The number of benzene rings is 2. The molecule has 0 heterocycles. The Morgan fingerprint density at radius 1 is 1.23 bits per heavy atom. The molecule has 1 atom stereocenters. The third-order valence-corrected chi connectivity index (χ3v) is 3.87. The van der Waals surface area contributed by atoms with Crippen molar-refractivity contribution >= 4 is 40.8 Å². The van der Waals surface area contributed by atoms with Gasteiger partial charge in [-0.2, -0.15) is 15.5 Å². The molecule has 130 valence electrons. The molecule has 0 aliphatic heterocycles. The van der Waals surface area contributed by atoms with Crippen molar-refractivity contribution in [1.82, 2.24) is 5.48 Å². The molecular formula is C18H13N3O5.